The van der Waals surface area contributed by atoms with E-state index in [0.717, 1.165) is 5.69 Å². The van der Waals surface area contributed by atoms with Gasteiger partial charge in [0.25, 0.3) is 0 Å². The molecular weight excluding hydrogens is 190 g/mol. The van der Waals surface area contributed by atoms with Crippen LogP contribution in [0.5, 0.6) is 0 Å². The van der Waals surface area contributed by atoms with Crippen LogP contribution in [0.1, 0.15) is 24.9 Å². The first kappa shape index (κ1) is 10.5. The third-order valence-electron chi connectivity index (χ3n) is 1.81. The number of rotatable bonds is 4. The van der Waals surface area contributed by atoms with Crippen molar-refractivity contribution in [1.29, 1.82) is 0 Å². The minimum absolute atomic E-state index is 0.0911. The van der Waals surface area contributed by atoms with Crippen LogP contribution in [-0.4, -0.2) is 28.2 Å². The second-order valence-corrected chi connectivity index (χ2v) is 3.68. The number of nitrogens with zero attached hydrogens (tertiary/aromatic N) is 3. The van der Waals surface area contributed by atoms with Crippen molar-refractivity contribution in [3.05, 3.63) is 11.9 Å². The third kappa shape index (κ3) is 2.97. The van der Waals surface area contributed by atoms with Crippen LogP contribution in [0.3, 0.4) is 0 Å². The van der Waals surface area contributed by atoms with E-state index in [2.05, 4.69) is 10.3 Å². The summed E-state index contributed by atoms with van der Waals surface area (Å²) in [5.41, 5.74) is 0.796. The number of aromatic nitrogens is 3. The van der Waals surface area contributed by atoms with Crippen molar-refractivity contribution in [2.45, 2.75) is 31.9 Å². The van der Waals surface area contributed by atoms with Crippen molar-refractivity contribution in [2.24, 2.45) is 0 Å². The first-order chi connectivity index (χ1) is 6.13. The summed E-state index contributed by atoms with van der Waals surface area (Å²) in [6.07, 6.45) is 1.98. The number of methoxy groups -OCH3 is 1. The van der Waals surface area contributed by atoms with Crippen LogP contribution in [0.15, 0.2) is 6.20 Å². The summed E-state index contributed by atoms with van der Waals surface area (Å²) in [5.74, 6) is 0. The average molecular weight is 204 g/mol. The monoisotopic (exact) mass is 203 g/mol. The van der Waals surface area contributed by atoms with E-state index in [4.69, 9.17) is 16.3 Å². The van der Waals surface area contributed by atoms with Crippen molar-refractivity contribution < 1.29 is 4.74 Å². The van der Waals surface area contributed by atoms with Crippen molar-refractivity contribution in [2.75, 3.05) is 7.11 Å². The van der Waals surface area contributed by atoms with E-state index in [9.17, 15) is 0 Å². The van der Waals surface area contributed by atoms with Gasteiger partial charge in [0.2, 0.25) is 0 Å². The lowest BCUT2D eigenvalue weighted by molar-refractivity contribution is 0.0993. The molecule has 0 N–H and O–H groups in total. The van der Waals surface area contributed by atoms with Gasteiger partial charge in [-0.15, -0.1) is 16.7 Å². The summed E-state index contributed by atoms with van der Waals surface area (Å²) in [6.45, 7) is 4.55. The smallest absolute Gasteiger partial charge is 0.100 e. The largest absolute Gasteiger partial charge is 0.380 e. The van der Waals surface area contributed by atoms with Crippen molar-refractivity contribution in [3.8, 4) is 0 Å². The summed E-state index contributed by atoms with van der Waals surface area (Å²) >= 11 is 5.84. The molecule has 5 heteroatoms. The molecule has 0 spiro atoms. The number of hydrogen-bond acceptors (Lipinski definition) is 3. The number of ether oxygens (including phenoxy) is 1. The zero-order valence-electron chi connectivity index (χ0n) is 8.07. The molecule has 1 heterocycles. The van der Waals surface area contributed by atoms with Crippen LogP contribution in [0.25, 0.3) is 0 Å². The highest BCUT2D eigenvalue weighted by atomic mass is 35.5. The molecular formula is C8H14ClN3O. The molecule has 4 nitrogen and oxygen atoms in total. The fourth-order valence-corrected chi connectivity index (χ4v) is 1.02. The van der Waals surface area contributed by atoms with Gasteiger partial charge in [-0.3, -0.25) is 0 Å². The maximum atomic E-state index is 5.84. The summed E-state index contributed by atoms with van der Waals surface area (Å²) < 4.78 is 6.84. The third-order valence-corrected chi connectivity index (χ3v) is 2.03. The highest BCUT2D eigenvalue weighted by Crippen LogP contribution is 2.15. The van der Waals surface area contributed by atoms with Crippen LogP contribution in [-0.2, 0) is 11.3 Å². The normalized spacial score (nSPS) is 15.7. The van der Waals surface area contributed by atoms with Gasteiger partial charge >= 0.3 is 0 Å². The van der Waals surface area contributed by atoms with Crippen molar-refractivity contribution in [3.63, 3.8) is 0 Å². The molecule has 1 rings (SSSR count). The first-order valence-electron chi connectivity index (χ1n) is 4.20. The molecule has 0 fully saturated rings. The predicted octanol–water partition coefficient (Wildman–Crippen LogP) is 1.61. The lowest BCUT2D eigenvalue weighted by Gasteiger charge is -2.07. The first-order valence-corrected chi connectivity index (χ1v) is 4.64. The Bertz CT molecular complexity index is 262. The molecule has 1 aromatic heterocycles. The molecule has 0 aliphatic heterocycles. The Morgan fingerprint density at radius 3 is 2.77 bits per heavy atom. The fourth-order valence-electron chi connectivity index (χ4n) is 0.923. The summed E-state index contributed by atoms with van der Waals surface area (Å²) in [4.78, 5) is 0. The van der Waals surface area contributed by atoms with E-state index in [-0.39, 0.29) is 11.5 Å². The van der Waals surface area contributed by atoms with E-state index in [0.29, 0.717) is 6.54 Å². The van der Waals surface area contributed by atoms with Gasteiger partial charge < -0.3 is 4.74 Å². The average Bonchev–Trinajstić information content (AvgIpc) is 2.52. The minimum atomic E-state index is -0.0911. The molecule has 0 bridgehead atoms. The second-order valence-electron chi connectivity index (χ2n) is 3.03. The molecule has 1 aromatic rings. The van der Waals surface area contributed by atoms with Crippen LogP contribution in [0.2, 0.25) is 0 Å². The van der Waals surface area contributed by atoms with E-state index in [1.165, 1.54) is 0 Å². The van der Waals surface area contributed by atoms with Gasteiger partial charge in [-0.1, -0.05) is 5.21 Å². The summed E-state index contributed by atoms with van der Waals surface area (Å²) in [6, 6.07) is 0. The Balaban J connectivity index is 2.58. The maximum absolute atomic E-state index is 5.84. The topological polar surface area (TPSA) is 39.9 Å². The predicted molar refractivity (Wildman–Crippen MR) is 50.8 cm³/mol. The number of halogens is 1. The van der Waals surface area contributed by atoms with Crippen LogP contribution < -0.4 is 0 Å². The SMILES string of the molecule is COC(C)Cn1cc(C(C)Cl)nn1. The van der Waals surface area contributed by atoms with E-state index < -0.39 is 0 Å². The van der Waals surface area contributed by atoms with E-state index in [1.54, 1.807) is 11.8 Å². The minimum Gasteiger partial charge on any atom is -0.380 e. The van der Waals surface area contributed by atoms with Gasteiger partial charge in [-0.25, -0.2) is 4.68 Å². The fraction of sp³-hybridized carbons (Fsp3) is 0.750. The molecule has 0 aliphatic rings. The molecule has 0 saturated heterocycles. The number of hydrogen-bond donors (Lipinski definition) is 0. The Morgan fingerprint density at radius 2 is 2.31 bits per heavy atom. The molecule has 74 valence electrons. The van der Waals surface area contributed by atoms with Gasteiger partial charge in [0.05, 0.1) is 24.2 Å². The Morgan fingerprint density at radius 1 is 1.62 bits per heavy atom. The maximum Gasteiger partial charge on any atom is 0.100 e. The Kier molecular flexibility index (Phi) is 3.69. The van der Waals surface area contributed by atoms with Gasteiger partial charge in [0.1, 0.15) is 5.69 Å². The highest BCUT2D eigenvalue weighted by Gasteiger charge is 2.08. The van der Waals surface area contributed by atoms with Crippen LogP contribution in [0, 0.1) is 0 Å². The number of alkyl halides is 1. The lowest BCUT2D eigenvalue weighted by Crippen LogP contribution is -2.14. The van der Waals surface area contributed by atoms with E-state index in [1.807, 2.05) is 20.0 Å². The molecule has 2 unspecified atom stereocenters. The van der Waals surface area contributed by atoms with Crippen molar-refractivity contribution in [1.82, 2.24) is 15.0 Å². The Hall–Kier alpha value is -0.610. The molecule has 0 aliphatic carbocycles. The zero-order valence-corrected chi connectivity index (χ0v) is 8.82. The molecule has 2 atom stereocenters. The van der Waals surface area contributed by atoms with Gasteiger partial charge in [-0.05, 0) is 13.8 Å². The molecule has 0 radical (unpaired) electrons. The van der Waals surface area contributed by atoms with Gasteiger partial charge in [0.15, 0.2) is 0 Å². The zero-order chi connectivity index (χ0) is 9.84. The standard InChI is InChI=1S/C8H14ClN3O/c1-6(13-3)4-12-5-8(7(2)9)10-11-12/h5-7H,4H2,1-3H3. The summed E-state index contributed by atoms with van der Waals surface area (Å²) in [5, 5.41) is 7.76. The van der Waals surface area contributed by atoms with Gasteiger partial charge in [0, 0.05) is 7.11 Å². The molecule has 0 aromatic carbocycles. The van der Waals surface area contributed by atoms with E-state index >= 15 is 0 Å². The van der Waals surface area contributed by atoms with Crippen LogP contribution >= 0.6 is 11.6 Å². The molecule has 0 amide bonds. The molecule has 0 saturated carbocycles. The molecule has 13 heavy (non-hydrogen) atoms. The van der Waals surface area contributed by atoms with Gasteiger partial charge in [-0.2, -0.15) is 0 Å². The van der Waals surface area contributed by atoms with Crippen molar-refractivity contribution >= 4 is 11.6 Å². The van der Waals surface area contributed by atoms with Crippen LogP contribution in [0.4, 0.5) is 0 Å². The summed E-state index contributed by atoms with van der Waals surface area (Å²) in [7, 11) is 1.67. The Labute approximate surface area is 82.8 Å². The quantitative estimate of drug-likeness (QED) is 0.699. The second kappa shape index (κ2) is 4.58. The highest BCUT2D eigenvalue weighted by molar-refractivity contribution is 6.20. The lowest BCUT2D eigenvalue weighted by atomic mass is 10.3.